The van der Waals surface area contributed by atoms with Crippen LogP contribution in [0, 0.1) is 0 Å². The molecule has 0 fully saturated rings. The Balaban J connectivity index is 2.25. The van der Waals surface area contributed by atoms with E-state index in [9.17, 15) is 4.79 Å². The van der Waals surface area contributed by atoms with Crippen LogP contribution in [0.5, 0.6) is 0 Å². The fraction of sp³-hybridized carbons (Fsp3) is 0.600. The van der Waals surface area contributed by atoms with Gasteiger partial charge in [0.2, 0.25) is 5.95 Å². The molecule has 0 atom stereocenters. The second kappa shape index (κ2) is 2.83. The van der Waals surface area contributed by atoms with Crippen LogP contribution in [0.3, 0.4) is 0 Å². The van der Waals surface area contributed by atoms with E-state index in [0.29, 0.717) is 0 Å². The minimum atomic E-state index is 0.190. The third kappa shape index (κ3) is 0.997. The zero-order chi connectivity index (χ0) is 9.54. The van der Waals surface area contributed by atoms with E-state index in [1.54, 1.807) is 4.57 Å². The fourth-order valence-electron chi connectivity index (χ4n) is 2.31. The Morgan fingerprint density at radius 2 is 2.14 bits per heavy atom. The predicted molar refractivity (Wildman–Crippen MR) is 53.6 cm³/mol. The maximum atomic E-state index is 12.0. The third-order valence-electron chi connectivity index (χ3n) is 3.06. The van der Waals surface area contributed by atoms with Crippen LogP contribution in [0.25, 0.3) is 0 Å². The first-order valence-electron chi connectivity index (χ1n) is 5.23. The highest BCUT2D eigenvalue weighted by Gasteiger charge is 2.21. The highest BCUT2D eigenvalue weighted by Crippen LogP contribution is 2.19. The lowest BCUT2D eigenvalue weighted by molar-refractivity contribution is 0.635. The molecule has 4 nitrogen and oxygen atoms in total. The molecule has 0 bridgehead atoms. The van der Waals surface area contributed by atoms with Crippen molar-refractivity contribution in [1.29, 1.82) is 0 Å². The highest BCUT2D eigenvalue weighted by molar-refractivity contribution is 5.35. The quantitative estimate of drug-likeness (QED) is 0.651. The molecular formula is C10H13N3O. The molecule has 0 amide bonds. The van der Waals surface area contributed by atoms with Crippen LogP contribution < -0.4 is 10.9 Å². The second-order valence-corrected chi connectivity index (χ2v) is 3.95. The summed E-state index contributed by atoms with van der Waals surface area (Å²) in [6, 6.07) is 0. The molecule has 14 heavy (non-hydrogen) atoms. The highest BCUT2D eigenvalue weighted by atomic mass is 16.1. The normalized spacial score (nSPS) is 18.6. The standard InChI is InChI=1S/C10H13N3O/c14-9-7-3-1-2-4-8(7)12-10-11-5-6-13(9)10/h1-6H2,(H,11,12). The first-order valence-corrected chi connectivity index (χ1v) is 5.23. The average Bonchev–Trinajstić information content (AvgIpc) is 2.66. The number of nitrogens with one attached hydrogen (secondary N) is 1. The largest absolute Gasteiger partial charge is 0.354 e. The summed E-state index contributed by atoms with van der Waals surface area (Å²) < 4.78 is 1.77. The van der Waals surface area contributed by atoms with Crippen molar-refractivity contribution in [2.45, 2.75) is 32.2 Å². The van der Waals surface area contributed by atoms with E-state index in [2.05, 4.69) is 10.3 Å². The van der Waals surface area contributed by atoms with Crippen LogP contribution in [-0.2, 0) is 19.4 Å². The Morgan fingerprint density at radius 3 is 3.07 bits per heavy atom. The van der Waals surface area contributed by atoms with Gasteiger partial charge in [-0.3, -0.25) is 9.36 Å². The maximum Gasteiger partial charge on any atom is 0.258 e. The molecule has 4 heteroatoms. The van der Waals surface area contributed by atoms with E-state index in [4.69, 9.17) is 0 Å². The molecule has 1 aromatic rings. The molecule has 1 aromatic heterocycles. The van der Waals surface area contributed by atoms with Crippen molar-refractivity contribution in [2.24, 2.45) is 0 Å². The van der Waals surface area contributed by atoms with Crippen molar-refractivity contribution in [3.05, 3.63) is 21.6 Å². The van der Waals surface area contributed by atoms with Crippen molar-refractivity contribution < 1.29 is 0 Å². The molecule has 1 aliphatic carbocycles. The van der Waals surface area contributed by atoms with Gasteiger partial charge in [-0.1, -0.05) is 0 Å². The van der Waals surface area contributed by atoms with Crippen molar-refractivity contribution in [3.63, 3.8) is 0 Å². The second-order valence-electron chi connectivity index (χ2n) is 3.95. The number of aryl methyl sites for hydroxylation is 1. The zero-order valence-electron chi connectivity index (χ0n) is 8.05. The van der Waals surface area contributed by atoms with Crippen LogP contribution in [0.1, 0.15) is 24.1 Å². The van der Waals surface area contributed by atoms with Gasteiger partial charge in [0, 0.05) is 18.7 Å². The molecule has 0 unspecified atom stereocenters. The topological polar surface area (TPSA) is 46.9 Å². The number of fused-ring (bicyclic) bond motifs is 2. The van der Waals surface area contributed by atoms with Crippen molar-refractivity contribution in [2.75, 3.05) is 11.9 Å². The number of hydrogen-bond acceptors (Lipinski definition) is 3. The Hall–Kier alpha value is -1.32. The van der Waals surface area contributed by atoms with Gasteiger partial charge in [-0.15, -0.1) is 0 Å². The van der Waals surface area contributed by atoms with Crippen LogP contribution in [0.15, 0.2) is 4.79 Å². The molecule has 0 saturated heterocycles. The van der Waals surface area contributed by atoms with E-state index in [1.807, 2.05) is 0 Å². The van der Waals surface area contributed by atoms with E-state index in [-0.39, 0.29) is 5.56 Å². The SMILES string of the molecule is O=c1c2c(nc3n1CCN3)CCCC2. The summed E-state index contributed by atoms with van der Waals surface area (Å²) in [5, 5.41) is 3.14. The van der Waals surface area contributed by atoms with E-state index in [1.165, 1.54) is 6.42 Å². The van der Waals surface area contributed by atoms with Crippen molar-refractivity contribution >= 4 is 5.95 Å². The summed E-state index contributed by atoms with van der Waals surface area (Å²) in [5.74, 6) is 0.774. The number of rotatable bonds is 0. The maximum absolute atomic E-state index is 12.0. The van der Waals surface area contributed by atoms with Gasteiger partial charge >= 0.3 is 0 Å². The number of hydrogen-bond donors (Lipinski definition) is 1. The minimum Gasteiger partial charge on any atom is -0.354 e. The number of anilines is 1. The summed E-state index contributed by atoms with van der Waals surface area (Å²) >= 11 is 0. The lowest BCUT2D eigenvalue weighted by Crippen LogP contribution is -2.27. The Bertz CT molecular complexity index is 436. The van der Waals surface area contributed by atoms with Gasteiger partial charge in [0.05, 0.1) is 5.69 Å². The lowest BCUT2D eigenvalue weighted by atomic mass is 9.97. The molecule has 1 aliphatic heterocycles. The van der Waals surface area contributed by atoms with E-state index >= 15 is 0 Å². The monoisotopic (exact) mass is 191 g/mol. The first-order chi connectivity index (χ1) is 6.86. The number of nitrogens with zero attached hydrogens (tertiary/aromatic N) is 2. The summed E-state index contributed by atoms with van der Waals surface area (Å²) in [6.07, 6.45) is 4.20. The molecule has 0 saturated carbocycles. The van der Waals surface area contributed by atoms with Gasteiger partial charge < -0.3 is 5.32 Å². The lowest BCUT2D eigenvalue weighted by Gasteiger charge is -2.15. The van der Waals surface area contributed by atoms with Gasteiger partial charge in [-0.25, -0.2) is 4.98 Å². The van der Waals surface area contributed by atoms with Crippen LogP contribution >= 0.6 is 0 Å². The Labute approximate surface area is 82.0 Å². The first kappa shape index (κ1) is 8.03. The molecule has 2 heterocycles. The molecule has 1 N–H and O–H groups in total. The summed E-state index contributed by atoms with van der Waals surface area (Å²) in [6.45, 7) is 1.61. The summed E-state index contributed by atoms with van der Waals surface area (Å²) in [7, 11) is 0. The Kier molecular flexibility index (Phi) is 1.63. The summed E-state index contributed by atoms with van der Waals surface area (Å²) in [5.41, 5.74) is 2.18. The zero-order valence-corrected chi connectivity index (χ0v) is 8.05. The molecule has 0 aromatic carbocycles. The van der Waals surface area contributed by atoms with Crippen LogP contribution in [-0.4, -0.2) is 16.1 Å². The Morgan fingerprint density at radius 1 is 1.29 bits per heavy atom. The molecule has 3 rings (SSSR count). The van der Waals surface area contributed by atoms with Gasteiger partial charge in [0.15, 0.2) is 0 Å². The predicted octanol–water partition coefficient (Wildman–Crippen LogP) is 0.548. The third-order valence-corrected chi connectivity index (χ3v) is 3.06. The summed E-state index contributed by atoms with van der Waals surface area (Å²) in [4.78, 5) is 16.5. The minimum absolute atomic E-state index is 0.190. The van der Waals surface area contributed by atoms with E-state index in [0.717, 1.165) is 49.6 Å². The van der Waals surface area contributed by atoms with E-state index < -0.39 is 0 Å². The molecule has 74 valence electrons. The van der Waals surface area contributed by atoms with Gasteiger partial charge in [0.1, 0.15) is 0 Å². The van der Waals surface area contributed by atoms with Crippen LogP contribution in [0.2, 0.25) is 0 Å². The molecule has 0 spiro atoms. The van der Waals surface area contributed by atoms with Gasteiger partial charge in [-0.2, -0.15) is 0 Å². The van der Waals surface area contributed by atoms with Gasteiger partial charge in [0.25, 0.3) is 5.56 Å². The molecule has 0 radical (unpaired) electrons. The van der Waals surface area contributed by atoms with Gasteiger partial charge in [-0.05, 0) is 25.7 Å². The fourth-order valence-corrected chi connectivity index (χ4v) is 2.31. The van der Waals surface area contributed by atoms with Crippen LogP contribution in [0.4, 0.5) is 5.95 Å². The molecule has 2 aliphatic rings. The average molecular weight is 191 g/mol. The van der Waals surface area contributed by atoms with Crippen molar-refractivity contribution in [1.82, 2.24) is 9.55 Å². The molecular weight excluding hydrogens is 178 g/mol. The smallest absolute Gasteiger partial charge is 0.258 e. The number of aromatic nitrogens is 2. The van der Waals surface area contributed by atoms with Crippen molar-refractivity contribution in [3.8, 4) is 0 Å².